The van der Waals surface area contributed by atoms with Gasteiger partial charge in [-0.3, -0.25) is 10.1 Å². The van der Waals surface area contributed by atoms with Gasteiger partial charge < -0.3 is 15.4 Å². The van der Waals surface area contributed by atoms with Crippen molar-refractivity contribution < 1.29 is 14.5 Å². The van der Waals surface area contributed by atoms with Gasteiger partial charge in [-0.1, -0.05) is 18.2 Å². The Balaban J connectivity index is 2.62. The Kier molecular flexibility index (Phi) is 5.91. The Morgan fingerprint density at radius 2 is 2.09 bits per heavy atom. The van der Waals surface area contributed by atoms with Crippen LogP contribution in [0.3, 0.4) is 0 Å². The van der Waals surface area contributed by atoms with Crippen LogP contribution < -0.4 is 10.6 Å². The SMILES string of the molecule is CNc1ccc(C=CCNC(=O)OC(C)(C)C)cc1[N+](=O)[O-]. The molecule has 22 heavy (non-hydrogen) atoms. The molecule has 7 nitrogen and oxygen atoms in total. The fourth-order valence-corrected chi connectivity index (χ4v) is 1.67. The molecule has 0 bridgehead atoms. The molecular weight excluding hydrogens is 286 g/mol. The number of nitrogens with zero attached hydrogens (tertiary/aromatic N) is 1. The molecule has 0 aromatic heterocycles. The molecule has 0 unspecified atom stereocenters. The second kappa shape index (κ2) is 7.44. The van der Waals surface area contributed by atoms with E-state index in [0.717, 1.165) is 0 Å². The van der Waals surface area contributed by atoms with E-state index in [1.165, 1.54) is 6.07 Å². The van der Waals surface area contributed by atoms with E-state index in [1.807, 2.05) is 0 Å². The van der Waals surface area contributed by atoms with Crippen LogP contribution in [0.4, 0.5) is 16.2 Å². The van der Waals surface area contributed by atoms with E-state index < -0.39 is 16.6 Å². The summed E-state index contributed by atoms with van der Waals surface area (Å²) < 4.78 is 5.09. The third-order valence-electron chi connectivity index (χ3n) is 2.56. The minimum Gasteiger partial charge on any atom is -0.444 e. The van der Waals surface area contributed by atoms with E-state index in [9.17, 15) is 14.9 Å². The Morgan fingerprint density at radius 3 is 2.64 bits per heavy atom. The number of nitro benzene ring substituents is 1. The Bertz CT molecular complexity index is 577. The number of rotatable bonds is 5. The standard InChI is InChI=1S/C15H21N3O4/c1-15(2,3)22-14(19)17-9-5-6-11-7-8-12(16-4)13(10-11)18(20)21/h5-8,10,16H,9H2,1-4H3,(H,17,19). The van der Waals surface area contributed by atoms with Crippen molar-refractivity contribution in [2.24, 2.45) is 0 Å². The Morgan fingerprint density at radius 1 is 1.41 bits per heavy atom. The number of hydrogen-bond donors (Lipinski definition) is 2. The van der Waals surface area contributed by atoms with Crippen molar-refractivity contribution in [1.29, 1.82) is 0 Å². The first-order chi connectivity index (χ1) is 10.2. The van der Waals surface area contributed by atoms with Gasteiger partial charge in [0.05, 0.1) is 4.92 Å². The number of nitro groups is 1. The summed E-state index contributed by atoms with van der Waals surface area (Å²) >= 11 is 0. The summed E-state index contributed by atoms with van der Waals surface area (Å²) in [6.45, 7) is 5.62. The predicted molar refractivity (Wildman–Crippen MR) is 85.9 cm³/mol. The third-order valence-corrected chi connectivity index (χ3v) is 2.56. The van der Waals surface area contributed by atoms with Crippen LogP contribution in [0.15, 0.2) is 24.3 Å². The quantitative estimate of drug-likeness (QED) is 0.643. The van der Waals surface area contributed by atoms with Crippen LogP contribution in [-0.2, 0) is 4.74 Å². The zero-order chi connectivity index (χ0) is 16.8. The summed E-state index contributed by atoms with van der Waals surface area (Å²) in [6, 6.07) is 4.86. The maximum atomic E-state index is 11.4. The van der Waals surface area contributed by atoms with Crippen molar-refractivity contribution in [2.45, 2.75) is 26.4 Å². The first kappa shape index (κ1) is 17.5. The molecule has 0 aliphatic carbocycles. The molecule has 1 aromatic rings. The lowest BCUT2D eigenvalue weighted by Crippen LogP contribution is -2.32. The van der Waals surface area contributed by atoms with Crippen LogP contribution >= 0.6 is 0 Å². The van der Waals surface area contributed by atoms with Crippen LogP contribution in [0.25, 0.3) is 6.08 Å². The minimum atomic E-state index is -0.544. The number of hydrogen-bond acceptors (Lipinski definition) is 5. The van der Waals surface area contributed by atoms with E-state index >= 15 is 0 Å². The Hall–Kier alpha value is -2.57. The third kappa shape index (κ3) is 5.82. The molecule has 0 saturated carbocycles. The highest BCUT2D eigenvalue weighted by atomic mass is 16.6. The second-order valence-electron chi connectivity index (χ2n) is 5.57. The van der Waals surface area contributed by atoms with Gasteiger partial charge in [-0.05, 0) is 32.4 Å². The second-order valence-corrected chi connectivity index (χ2v) is 5.57. The monoisotopic (exact) mass is 307 g/mol. The highest BCUT2D eigenvalue weighted by molar-refractivity contribution is 5.69. The number of amides is 1. The first-order valence-electron chi connectivity index (χ1n) is 6.82. The van der Waals surface area contributed by atoms with Crippen LogP contribution in [0.1, 0.15) is 26.3 Å². The number of anilines is 1. The van der Waals surface area contributed by atoms with Crippen LogP contribution in [0.2, 0.25) is 0 Å². The molecule has 0 atom stereocenters. The summed E-state index contributed by atoms with van der Waals surface area (Å²) in [5, 5.41) is 16.3. The molecule has 0 heterocycles. The maximum absolute atomic E-state index is 11.4. The highest BCUT2D eigenvalue weighted by Crippen LogP contribution is 2.25. The lowest BCUT2D eigenvalue weighted by molar-refractivity contribution is -0.383. The first-order valence-corrected chi connectivity index (χ1v) is 6.82. The molecule has 0 saturated heterocycles. The fraction of sp³-hybridized carbons (Fsp3) is 0.400. The van der Waals surface area contributed by atoms with Crippen LogP contribution in [-0.4, -0.2) is 30.2 Å². The summed E-state index contributed by atoms with van der Waals surface area (Å²) in [5.41, 5.74) is 0.590. The van der Waals surface area contributed by atoms with Gasteiger partial charge in [0.1, 0.15) is 11.3 Å². The number of alkyl carbamates (subject to hydrolysis) is 1. The smallest absolute Gasteiger partial charge is 0.407 e. The average molecular weight is 307 g/mol. The van der Waals surface area contributed by atoms with E-state index in [2.05, 4.69) is 10.6 Å². The van der Waals surface area contributed by atoms with Gasteiger partial charge in [0, 0.05) is 19.7 Å². The van der Waals surface area contributed by atoms with Crippen molar-refractivity contribution in [2.75, 3.05) is 18.9 Å². The van der Waals surface area contributed by atoms with Gasteiger partial charge in [-0.25, -0.2) is 4.79 Å². The molecule has 7 heteroatoms. The van der Waals surface area contributed by atoms with Crippen molar-refractivity contribution >= 4 is 23.5 Å². The summed E-state index contributed by atoms with van der Waals surface area (Å²) in [6.07, 6.45) is 2.89. The minimum absolute atomic E-state index is 0.00440. The van der Waals surface area contributed by atoms with E-state index in [1.54, 1.807) is 52.1 Å². The zero-order valence-corrected chi connectivity index (χ0v) is 13.2. The summed E-state index contributed by atoms with van der Waals surface area (Å²) in [4.78, 5) is 21.9. The molecular formula is C15H21N3O4. The molecule has 0 spiro atoms. The van der Waals surface area contributed by atoms with E-state index in [0.29, 0.717) is 11.3 Å². The molecule has 2 N–H and O–H groups in total. The molecule has 0 aliphatic rings. The normalized spacial score (nSPS) is 11.3. The maximum Gasteiger partial charge on any atom is 0.407 e. The van der Waals surface area contributed by atoms with Crippen molar-refractivity contribution in [3.8, 4) is 0 Å². The predicted octanol–water partition coefficient (Wildman–Crippen LogP) is 3.17. The summed E-state index contributed by atoms with van der Waals surface area (Å²) in [7, 11) is 1.63. The zero-order valence-electron chi connectivity index (χ0n) is 13.2. The molecule has 1 rings (SSSR count). The molecule has 1 amide bonds. The molecule has 0 radical (unpaired) electrons. The largest absolute Gasteiger partial charge is 0.444 e. The van der Waals surface area contributed by atoms with Crippen LogP contribution in [0.5, 0.6) is 0 Å². The molecule has 0 fully saturated rings. The average Bonchev–Trinajstić information content (AvgIpc) is 2.41. The summed E-state index contributed by atoms with van der Waals surface area (Å²) in [5.74, 6) is 0. The van der Waals surface area contributed by atoms with Crippen molar-refractivity contribution in [1.82, 2.24) is 5.32 Å². The van der Waals surface area contributed by atoms with Crippen molar-refractivity contribution in [3.63, 3.8) is 0 Å². The van der Waals surface area contributed by atoms with Gasteiger partial charge in [-0.15, -0.1) is 0 Å². The number of nitrogens with one attached hydrogen (secondary N) is 2. The number of carbonyl (C=O) groups excluding carboxylic acids is 1. The Labute approximate surface area is 129 Å². The lowest BCUT2D eigenvalue weighted by atomic mass is 10.1. The number of benzene rings is 1. The van der Waals surface area contributed by atoms with Gasteiger partial charge in [0.15, 0.2) is 0 Å². The van der Waals surface area contributed by atoms with Crippen LogP contribution in [0, 0.1) is 10.1 Å². The van der Waals surface area contributed by atoms with Gasteiger partial charge >= 0.3 is 6.09 Å². The number of ether oxygens (including phenoxy) is 1. The van der Waals surface area contributed by atoms with Crippen molar-refractivity contribution in [3.05, 3.63) is 40.0 Å². The van der Waals surface area contributed by atoms with Gasteiger partial charge in [0.2, 0.25) is 0 Å². The topological polar surface area (TPSA) is 93.5 Å². The molecule has 0 aliphatic heterocycles. The number of carbonyl (C=O) groups is 1. The van der Waals surface area contributed by atoms with Gasteiger partial charge in [0.25, 0.3) is 5.69 Å². The molecule has 1 aromatic carbocycles. The highest BCUT2D eigenvalue weighted by Gasteiger charge is 2.15. The van der Waals surface area contributed by atoms with E-state index in [-0.39, 0.29) is 12.2 Å². The molecule has 120 valence electrons. The van der Waals surface area contributed by atoms with Gasteiger partial charge in [-0.2, -0.15) is 0 Å². The van der Waals surface area contributed by atoms with E-state index in [4.69, 9.17) is 4.74 Å². The lowest BCUT2D eigenvalue weighted by Gasteiger charge is -2.19. The fourth-order valence-electron chi connectivity index (χ4n) is 1.67.